The van der Waals surface area contributed by atoms with Gasteiger partial charge in [-0.25, -0.2) is 4.79 Å². The van der Waals surface area contributed by atoms with Crippen molar-refractivity contribution in [2.75, 3.05) is 5.06 Å². The molecule has 20 heavy (non-hydrogen) atoms. The summed E-state index contributed by atoms with van der Waals surface area (Å²) in [6.45, 7) is 0. The van der Waals surface area contributed by atoms with Crippen LogP contribution in [0.5, 0.6) is 0 Å². The Bertz CT molecular complexity index is 667. The number of carbonyl (C=O) groups excluding carboxylic acids is 1. The van der Waals surface area contributed by atoms with Gasteiger partial charge in [0, 0.05) is 0 Å². The third kappa shape index (κ3) is 3.66. The molecule has 0 aliphatic rings. The highest BCUT2D eigenvalue weighted by atomic mass is 32.2. The topological polar surface area (TPSA) is 76.0 Å². The Morgan fingerprint density at radius 3 is 1.75 bits per heavy atom. The molecule has 0 N–H and O–H groups in total. The molecule has 0 aliphatic carbocycles. The minimum absolute atomic E-state index is 0.568. The lowest BCUT2D eigenvalue weighted by Crippen LogP contribution is -2.20. The zero-order valence-corrected chi connectivity index (χ0v) is 11.0. The van der Waals surface area contributed by atoms with Crippen LogP contribution >= 0.6 is 0 Å². The van der Waals surface area contributed by atoms with Gasteiger partial charge in [-0.15, -0.1) is 0 Å². The van der Waals surface area contributed by atoms with E-state index in [1.54, 1.807) is 48.5 Å². The molecule has 0 unspecified atom stereocenters. The Balaban J connectivity index is 2.35. The summed E-state index contributed by atoms with van der Waals surface area (Å²) in [4.78, 5) is 16.4. The summed E-state index contributed by atoms with van der Waals surface area (Å²) in [5.41, 5.74) is 1.14. The highest BCUT2D eigenvalue weighted by Gasteiger charge is 2.14. The van der Waals surface area contributed by atoms with E-state index in [1.165, 1.54) is 5.06 Å². The van der Waals surface area contributed by atoms with Crippen LogP contribution in [-0.2, 0) is 15.3 Å². The van der Waals surface area contributed by atoms with E-state index in [0.717, 1.165) is 0 Å². The predicted octanol–water partition coefficient (Wildman–Crippen LogP) is 2.94. The second kappa shape index (κ2) is 6.48. The van der Waals surface area contributed by atoms with Crippen molar-refractivity contribution in [1.82, 2.24) is 0 Å². The molecule has 0 bridgehead atoms. The van der Waals surface area contributed by atoms with Crippen LogP contribution in [0.2, 0.25) is 0 Å². The smallest absolute Gasteiger partial charge is 0.314 e. The Hall–Kier alpha value is -2.67. The SMILES string of the molecule is O=C(N=S(=O)=O)ON(c1ccccc1)c1ccccc1. The second-order valence-corrected chi connectivity index (χ2v) is 4.25. The van der Waals surface area contributed by atoms with Crippen LogP contribution in [0, 0.1) is 0 Å². The quantitative estimate of drug-likeness (QED) is 0.812. The molecule has 2 aromatic rings. The third-order valence-corrected chi connectivity index (χ3v) is 2.60. The van der Waals surface area contributed by atoms with Gasteiger partial charge in [0.05, 0.1) is 11.4 Å². The maximum atomic E-state index is 11.4. The summed E-state index contributed by atoms with van der Waals surface area (Å²) < 4.78 is 23.5. The number of hydrogen-bond donors (Lipinski definition) is 0. The fourth-order valence-corrected chi connectivity index (χ4v) is 1.69. The van der Waals surface area contributed by atoms with Crippen LogP contribution in [0.25, 0.3) is 0 Å². The van der Waals surface area contributed by atoms with Crippen LogP contribution in [0.15, 0.2) is 65.0 Å². The first kappa shape index (κ1) is 13.8. The van der Waals surface area contributed by atoms with Crippen LogP contribution in [0.3, 0.4) is 0 Å². The maximum absolute atomic E-state index is 11.4. The van der Waals surface area contributed by atoms with E-state index in [-0.39, 0.29) is 0 Å². The van der Waals surface area contributed by atoms with Gasteiger partial charge in [-0.05, 0) is 24.3 Å². The van der Waals surface area contributed by atoms with Gasteiger partial charge in [-0.1, -0.05) is 40.8 Å². The Morgan fingerprint density at radius 1 is 0.900 bits per heavy atom. The average molecular weight is 290 g/mol. The number of carbonyl (C=O) groups is 1. The number of nitrogens with zero attached hydrogens (tertiary/aromatic N) is 2. The highest BCUT2D eigenvalue weighted by Crippen LogP contribution is 2.25. The third-order valence-electron chi connectivity index (χ3n) is 2.30. The molecule has 0 saturated heterocycles. The van der Waals surface area contributed by atoms with E-state index in [2.05, 4.69) is 4.36 Å². The van der Waals surface area contributed by atoms with Crippen molar-refractivity contribution in [2.24, 2.45) is 4.36 Å². The molecule has 0 atom stereocenters. The molecule has 0 fully saturated rings. The summed E-state index contributed by atoms with van der Waals surface area (Å²) in [6.07, 6.45) is -1.22. The number of rotatable bonds is 3. The zero-order chi connectivity index (χ0) is 14.4. The predicted molar refractivity (Wildman–Crippen MR) is 72.9 cm³/mol. The van der Waals surface area contributed by atoms with Crippen LogP contribution in [-0.4, -0.2) is 14.5 Å². The standard InChI is InChI=1S/C13H10N2O4S/c16-13(14-20(17)18)19-15(11-7-3-1-4-8-11)12-9-5-2-6-10-12/h1-10H. The first-order valence-electron chi connectivity index (χ1n) is 5.60. The van der Waals surface area contributed by atoms with Crippen molar-refractivity contribution in [2.45, 2.75) is 0 Å². The molecule has 0 heterocycles. The second-order valence-electron chi connectivity index (χ2n) is 3.63. The average Bonchev–Trinajstić information content (AvgIpc) is 2.46. The van der Waals surface area contributed by atoms with Crippen molar-refractivity contribution in [1.29, 1.82) is 0 Å². The number of anilines is 2. The van der Waals surface area contributed by atoms with Gasteiger partial charge >= 0.3 is 16.6 Å². The molecular weight excluding hydrogens is 280 g/mol. The van der Waals surface area contributed by atoms with Gasteiger partial charge in [0.2, 0.25) is 0 Å². The van der Waals surface area contributed by atoms with E-state index >= 15 is 0 Å². The van der Waals surface area contributed by atoms with Crippen molar-refractivity contribution in [3.8, 4) is 0 Å². The number of para-hydroxylation sites is 2. The van der Waals surface area contributed by atoms with E-state index in [4.69, 9.17) is 4.84 Å². The van der Waals surface area contributed by atoms with Gasteiger partial charge in [-0.3, -0.25) is 0 Å². The van der Waals surface area contributed by atoms with E-state index < -0.39 is 16.6 Å². The monoisotopic (exact) mass is 290 g/mol. The largest absolute Gasteiger partial charge is 0.473 e. The maximum Gasteiger partial charge on any atom is 0.473 e. The van der Waals surface area contributed by atoms with Crippen LogP contribution < -0.4 is 5.06 Å². The van der Waals surface area contributed by atoms with Gasteiger partial charge in [0.25, 0.3) is 0 Å². The Kier molecular flexibility index (Phi) is 4.46. The van der Waals surface area contributed by atoms with Crippen molar-refractivity contribution in [3.63, 3.8) is 0 Å². The summed E-state index contributed by atoms with van der Waals surface area (Å²) in [6, 6.07) is 17.6. The van der Waals surface area contributed by atoms with Gasteiger partial charge in [0.1, 0.15) is 0 Å². The summed E-state index contributed by atoms with van der Waals surface area (Å²) in [5, 5.41) is 1.21. The highest BCUT2D eigenvalue weighted by molar-refractivity contribution is 7.62. The molecule has 0 aromatic heterocycles. The lowest BCUT2D eigenvalue weighted by Gasteiger charge is -2.21. The van der Waals surface area contributed by atoms with E-state index in [1.807, 2.05) is 12.1 Å². The Morgan fingerprint density at radius 2 is 1.35 bits per heavy atom. The first-order chi connectivity index (χ1) is 9.66. The minimum atomic E-state index is -2.85. The molecule has 2 rings (SSSR count). The molecule has 7 heteroatoms. The molecule has 6 nitrogen and oxygen atoms in total. The number of hydrogen-bond acceptors (Lipinski definition) is 5. The molecule has 0 aliphatic heterocycles. The van der Waals surface area contributed by atoms with Crippen molar-refractivity contribution >= 4 is 28.0 Å². The fourth-order valence-electron chi connectivity index (χ4n) is 1.54. The van der Waals surface area contributed by atoms with Gasteiger partial charge in [-0.2, -0.15) is 13.5 Å². The summed E-state index contributed by atoms with van der Waals surface area (Å²) >= 11 is 0. The van der Waals surface area contributed by atoms with Crippen LogP contribution in [0.4, 0.5) is 16.2 Å². The molecule has 102 valence electrons. The molecule has 0 spiro atoms. The summed E-state index contributed by atoms with van der Waals surface area (Å²) in [7, 11) is -2.85. The normalized spacial score (nSPS) is 9.60. The fraction of sp³-hybridized carbons (Fsp3) is 0. The molecule has 0 radical (unpaired) electrons. The lowest BCUT2D eigenvalue weighted by atomic mass is 10.2. The van der Waals surface area contributed by atoms with E-state index in [9.17, 15) is 13.2 Å². The minimum Gasteiger partial charge on any atom is -0.314 e. The number of benzene rings is 2. The first-order valence-corrected chi connectivity index (χ1v) is 6.63. The molecule has 2 aromatic carbocycles. The van der Waals surface area contributed by atoms with Crippen LogP contribution in [0.1, 0.15) is 0 Å². The molecule has 1 amide bonds. The van der Waals surface area contributed by atoms with Crippen molar-refractivity contribution < 1.29 is 18.0 Å². The summed E-state index contributed by atoms with van der Waals surface area (Å²) in [5.74, 6) is 0. The Labute approximate surface area is 116 Å². The zero-order valence-electron chi connectivity index (χ0n) is 10.2. The van der Waals surface area contributed by atoms with Crippen molar-refractivity contribution in [3.05, 3.63) is 60.7 Å². The van der Waals surface area contributed by atoms with E-state index in [0.29, 0.717) is 11.4 Å². The molecular formula is C13H10N2O4S. The number of amides is 1. The van der Waals surface area contributed by atoms with Gasteiger partial charge in [0.15, 0.2) is 0 Å². The lowest BCUT2D eigenvalue weighted by molar-refractivity contribution is 0.158. The van der Waals surface area contributed by atoms with Gasteiger partial charge < -0.3 is 4.84 Å². The molecule has 0 saturated carbocycles.